The number of benzene rings is 7. The van der Waals surface area contributed by atoms with Gasteiger partial charge in [-0.1, -0.05) is 74.2 Å². The lowest BCUT2D eigenvalue weighted by molar-refractivity contribution is -0.138. The van der Waals surface area contributed by atoms with Gasteiger partial charge < -0.3 is 90.3 Å². The largest absolute Gasteiger partial charge is 0.508 e. The molecule has 6 aliphatic rings. The van der Waals surface area contributed by atoms with Crippen LogP contribution in [0.2, 0.25) is 10.0 Å². The van der Waals surface area contributed by atoms with Crippen molar-refractivity contribution in [3.05, 3.63) is 164 Å². The van der Waals surface area contributed by atoms with E-state index in [1.807, 2.05) is 13.8 Å². The standard InChI is InChI=1S/C67H63Cl2N7O18/c1-4-6-16-90-38-19-33-20-39(29-38)93-48-24-31(10-15-47(48)91-17-7-5-2)52(70-3)62(83)71-44-18-30-8-12-37(13-9-30)92-49-25-35-26-50(60(49)81)94-46-14-11-32(22-42(46)68)58(79)57-66(87)75-56(67(88)89)40-27-36(77)28-45(78)51(40)41-21-34(23-43(69)59(41)80)54(65(86)76-57)73-64(85)55(35)74-63(84)53(33)72-61(44)82/h8-15,19-29,44,52-58,70,77-81H,4-7,16-18H2,1-3H3,(H,71,83)(H,72,82)(H,73,85)(H,74,84)(H,75,87)(H,76,86)(H,88,89). The fourth-order valence-electron chi connectivity index (χ4n) is 11.0. The van der Waals surface area contributed by atoms with E-state index in [1.165, 1.54) is 54.6 Å². The first-order valence-electron chi connectivity index (χ1n) is 29.7. The molecule has 0 aromatic heterocycles. The number of likely N-dealkylation sites (N-methyl/N-ethyl adjacent to an activating group) is 1. The van der Waals surface area contributed by atoms with Gasteiger partial charge in [0.05, 0.1) is 23.3 Å². The number of phenolic OH excluding ortho intramolecular Hbond substituents is 4. The molecule has 27 heteroatoms. The van der Waals surface area contributed by atoms with Gasteiger partial charge in [-0.2, -0.15) is 0 Å². The van der Waals surface area contributed by atoms with Crippen molar-refractivity contribution in [1.82, 2.24) is 5.32 Å². The number of carboxylic acid groups (broad SMARTS) is 1. The van der Waals surface area contributed by atoms with Crippen molar-refractivity contribution in [3.8, 4) is 80.1 Å². The molecular formula is C67H63Cl2N7O18. The maximum atomic E-state index is 13.2. The Morgan fingerprint density at radius 2 is 1.16 bits per heavy atom. The van der Waals surface area contributed by atoms with E-state index in [2.05, 4.69) is 25.3 Å². The Labute approximate surface area is 546 Å². The van der Waals surface area contributed by atoms with Gasteiger partial charge in [0.25, 0.3) is 0 Å². The number of hydrogen-bond donors (Lipinski definition) is 13. The number of rotatable bonds is 10. The summed E-state index contributed by atoms with van der Waals surface area (Å²) in [4.78, 5) is 40.2. The Kier molecular flexibility index (Phi) is 18.9. The molecule has 0 saturated carbocycles. The Hall–Kier alpha value is -10.5. The topological polar surface area (TPSA) is 392 Å². The molecule has 0 aliphatic carbocycles. The van der Waals surface area contributed by atoms with Crippen molar-refractivity contribution >= 4 is 64.6 Å². The summed E-state index contributed by atoms with van der Waals surface area (Å²) in [5.74, 6) is -10.7. The maximum absolute atomic E-state index is 13.2. The summed E-state index contributed by atoms with van der Waals surface area (Å²) in [6, 6.07) is 12.9. The smallest absolute Gasteiger partial charge is 0.333 e. The first-order valence-corrected chi connectivity index (χ1v) is 30.5. The Morgan fingerprint density at radius 3 is 1.83 bits per heavy atom. The van der Waals surface area contributed by atoms with Crippen LogP contribution in [-0.4, -0.2) is 135 Å². The van der Waals surface area contributed by atoms with Gasteiger partial charge in [0.1, 0.15) is 58.4 Å². The normalized spacial score (nSPS) is 21.0. The Bertz CT molecular complexity index is 4290. The zero-order valence-electron chi connectivity index (χ0n) is 50.3. The highest BCUT2D eigenvalue weighted by Gasteiger charge is 2.38. The number of aromatic hydroxyl groups is 4. The molecule has 17 bridgehead atoms. The second-order valence-electron chi connectivity index (χ2n) is 22.4. The lowest BCUT2D eigenvalue weighted by atomic mass is 9.90. The van der Waals surface area contributed by atoms with Crippen LogP contribution in [0.25, 0.3) is 11.1 Å². The minimum atomic E-state index is -2.26. The highest BCUT2D eigenvalue weighted by molar-refractivity contribution is 6.33. The first kappa shape index (κ1) is 65.0. The predicted octanol–water partition coefficient (Wildman–Crippen LogP) is 13.2. The number of fused-ring (bicyclic) bond motifs is 12. The highest BCUT2D eigenvalue weighted by Crippen LogP contribution is 2.50. The zero-order chi connectivity index (χ0) is 66.8. The van der Waals surface area contributed by atoms with Gasteiger partial charge in [0, 0.05) is 35.2 Å². The molecule has 488 valence electrons. The van der Waals surface area contributed by atoms with Crippen LogP contribution in [0, 0.1) is 0 Å². The maximum Gasteiger partial charge on any atom is 0.333 e. The number of hydrogen-bond acceptors (Lipinski definition) is 18. The van der Waals surface area contributed by atoms with E-state index < -0.39 is 140 Å². The Balaban J connectivity index is 1.22. The molecule has 6 aliphatic heterocycles. The second-order valence-corrected chi connectivity index (χ2v) is 23.2. The quantitative estimate of drug-likeness (QED) is 0.0566. The second kappa shape index (κ2) is 27.4. The number of unbranched alkanes of at least 4 members (excludes halogenated alkanes) is 2. The number of nitrogens with zero attached hydrogens (tertiary/aromatic N) is 6. The number of halogens is 2. The van der Waals surface area contributed by atoms with E-state index in [1.54, 1.807) is 43.4 Å². The summed E-state index contributed by atoms with van der Waals surface area (Å²) in [5, 5.41) is 147. The van der Waals surface area contributed by atoms with Gasteiger partial charge in [-0.25, -0.2) is 34.7 Å². The monoisotopic (exact) mass is 1320 g/mol. The molecule has 8 unspecified atom stereocenters. The summed E-state index contributed by atoms with van der Waals surface area (Å²) >= 11 is 13.7. The minimum Gasteiger partial charge on any atom is -0.508 e. The number of phenols is 4. The fourth-order valence-corrected chi connectivity index (χ4v) is 11.5. The van der Waals surface area contributed by atoms with Gasteiger partial charge >= 0.3 is 5.97 Å². The molecule has 8 atom stereocenters. The van der Waals surface area contributed by atoms with Crippen LogP contribution in [0.15, 0.2) is 145 Å². The van der Waals surface area contributed by atoms with Crippen molar-refractivity contribution in [3.63, 3.8) is 0 Å². The number of aliphatic hydroxyl groups excluding tert-OH is 7. The molecule has 7 aromatic carbocycles. The highest BCUT2D eigenvalue weighted by atomic mass is 35.5. The van der Waals surface area contributed by atoms with Crippen molar-refractivity contribution in [2.75, 3.05) is 20.3 Å². The summed E-state index contributed by atoms with van der Waals surface area (Å²) in [5.41, 5.74) is -1.17. The van der Waals surface area contributed by atoms with Crippen molar-refractivity contribution in [2.45, 2.75) is 94.3 Å². The lowest BCUT2D eigenvalue weighted by Crippen LogP contribution is -2.31. The van der Waals surface area contributed by atoms with Gasteiger partial charge in [-0.15, -0.1) is 0 Å². The number of aliphatic imine (C=N–C) groups is 6. The Morgan fingerprint density at radius 1 is 0.553 bits per heavy atom. The van der Waals surface area contributed by atoms with Gasteiger partial charge in [0.15, 0.2) is 53.2 Å². The molecule has 94 heavy (non-hydrogen) atoms. The van der Waals surface area contributed by atoms with Gasteiger partial charge in [-0.3, -0.25) is 0 Å². The summed E-state index contributed by atoms with van der Waals surface area (Å²) < 4.78 is 31.9. The van der Waals surface area contributed by atoms with Crippen LogP contribution in [-0.2, 0) is 11.2 Å². The predicted molar refractivity (Wildman–Crippen MR) is 349 cm³/mol. The minimum absolute atomic E-state index is 0.0360. The van der Waals surface area contributed by atoms with Crippen LogP contribution in [0.3, 0.4) is 0 Å². The van der Waals surface area contributed by atoms with E-state index in [-0.39, 0.29) is 74.8 Å². The molecule has 0 spiro atoms. The number of nitrogens with one attached hydrogen (secondary N) is 1. The number of ether oxygens (including phenoxy) is 5. The number of aliphatic hydroxyl groups is 7. The summed E-state index contributed by atoms with van der Waals surface area (Å²) in [6.07, 6.45) is 0.632. The van der Waals surface area contributed by atoms with E-state index in [9.17, 15) is 66.1 Å². The van der Waals surface area contributed by atoms with Gasteiger partial charge in [0.2, 0.25) is 41.1 Å². The first-order chi connectivity index (χ1) is 45.1. The average molecular weight is 1330 g/mol. The number of aliphatic carboxylic acids is 1. The number of carboxylic acids is 1. The fraction of sp³-hybridized carbons (Fsp3) is 0.269. The van der Waals surface area contributed by atoms with Crippen LogP contribution in [0.4, 0.5) is 0 Å². The molecule has 13 rings (SSSR count). The third-order valence-corrected chi connectivity index (χ3v) is 16.4. The van der Waals surface area contributed by atoms with E-state index in [4.69, 9.17) is 56.9 Å². The van der Waals surface area contributed by atoms with Crippen molar-refractivity contribution in [1.29, 1.82) is 0 Å². The molecule has 0 saturated heterocycles. The molecule has 13 N–H and O–H groups in total. The van der Waals surface area contributed by atoms with Gasteiger partial charge in [-0.05, 0) is 132 Å². The van der Waals surface area contributed by atoms with Crippen LogP contribution in [0.1, 0.15) is 115 Å². The van der Waals surface area contributed by atoms with Crippen molar-refractivity contribution < 1.29 is 89.8 Å². The molecule has 0 radical (unpaired) electrons. The van der Waals surface area contributed by atoms with Crippen molar-refractivity contribution in [2.24, 2.45) is 30.0 Å². The molecule has 7 aromatic rings. The van der Waals surface area contributed by atoms with E-state index in [0.717, 1.165) is 37.1 Å². The molecular weight excluding hydrogens is 1260 g/mol. The third kappa shape index (κ3) is 13.6. The molecule has 0 fully saturated rings. The van der Waals surface area contributed by atoms with Crippen LogP contribution >= 0.6 is 23.2 Å². The zero-order valence-corrected chi connectivity index (χ0v) is 51.8. The SMILES string of the molecule is CCCCOc1cc2cc(c1)C1N=C(O)C(Cc3ccc(cc3)Oc3cc4cc(c3O)Oc3ccc(cc3Cl)C(O)C3N=C(O)C(N=C(O)C4N=C1O)c1cc(Cl)c(O)c(c1)-c1c(O)cc(O)cc1C(C(=O)O)N=C3O)N=C(O)C(NC)c1ccc(OCCCC)c(c1)O2. The average Bonchev–Trinajstić information content (AvgIpc) is 0.774. The van der Waals surface area contributed by atoms with E-state index >= 15 is 0 Å². The molecule has 25 nitrogen and oxygen atoms in total. The van der Waals surface area contributed by atoms with E-state index in [0.29, 0.717) is 36.3 Å². The number of carbonyl (C=O) groups is 1. The molecule has 0 amide bonds. The van der Waals surface area contributed by atoms with Crippen LogP contribution < -0.4 is 29.0 Å². The third-order valence-electron chi connectivity index (χ3n) is 15.8. The summed E-state index contributed by atoms with van der Waals surface area (Å²) in [7, 11) is 1.59. The molecule has 6 heterocycles. The summed E-state index contributed by atoms with van der Waals surface area (Å²) in [6.45, 7) is 4.52. The van der Waals surface area contributed by atoms with Crippen LogP contribution in [0.5, 0.6) is 69.0 Å². The lowest BCUT2D eigenvalue weighted by Gasteiger charge is -2.25.